The van der Waals surface area contributed by atoms with Gasteiger partial charge in [0.05, 0.1) is 25.6 Å². The number of carbonyl (C=O) groups is 1. The lowest BCUT2D eigenvalue weighted by Gasteiger charge is -2.12. The number of hydrogen-bond donors (Lipinski definition) is 2. The molecule has 4 aromatic rings. The van der Waals surface area contributed by atoms with Gasteiger partial charge in [-0.05, 0) is 46.8 Å². The molecule has 0 fully saturated rings. The van der Waals surface area contributed by atoms with E-state index in [0.717, 1.165) is 27.7 Å². The third kappa shape index (κ3) is 4.48. The monoisotopic (exact) mass is 450 g/mol. The molecule has 4 rings (SSSR count). The molecule has 0 aliphatic heterocycles. The largest absolute Gasteiger partial charge is 0.493 e. The molecule has 0 unspecified atom stereocenters. The highest BCUT2D eigenvalue weighted by Crippen LogP contribution is 2.30. The predicted molar refractivity (Wildman–Crippen MR) is 120 cm³/mol. The molecule has 2 aromatic carbocycles. The Morgan fingerprint density at radius 3 is 2.44 bits per heavy atom. The van der Waals surface area contributed by atoms with Gasteiger partial charge in [-0.25, -0.2) is 5.48 Å². The number of hydrogen-bond acceptors (Lipinski definition) is 7. The van der Waals surface area contributed by atoms with Crippen molar-refractivity contribution in [1.29, 1.82) is 0 Å². The number of amides is 1. The number of nitrogens with one attached hydrogen (secondary N) is 1. The van der Waals surface area contributed by atoms with Crippen molar-refractivity contribution in [2.24, 2.45) is 0 Å². The number of aromatic nitrogens is 3. The molecule has 164 valence electrons. The highest BCUT2D eigenvalue weighted by Gasteiger charge is 2.17. The predicted octanol–water partition coefficient (Wildman–Crippen LogP) is 3.78. The highest BCUT2D eigenvalue weighted by molar-refractivity contribution is 7.13. The van der Waals surface area contributed by atoms with Crippen molar-refractivity contribution in [3.8, 4) is 22.2 Å². The summed E-state index contributed by atoms with van der Waals surface area (Å²) < 4.78 is 12.8. The fraction of sp³-hybridized carbons (Fsp3) is 0.174. The Morgan fingerprint density at radius 2 is 1.78 bits per heavy atom. The van der Waals surface area contributed by atoms with Crippen LogP contribution in [0, 0.1) is 0 Å². The Hall–Kier alpha value is -3.69. The zero-order valence-electron chi connectivity index (χ0n) is 17.6. The normalized spacial score (nSPS) is 10.7. The molecule has 8 nitrogen and oxygen atoms in total. The lowest BCUT2D eigenvalue weighted by molar-refractivity contribution is 0.0706. The average Bonchev–Trinajstić information content (AvgIpc) is 3.49. The molecule has 1 amide bonds. The average molecular weight is 451 g/mol. The minimum Gasteiger partial charge on any atom is -0.493 e. The van der Waals surface area contributed by atoms with Gasteiger partial charge < -0.3 is 14.0 Å². The molecule has 0 saturated carbocycles. The molecule has 2 heterocycles. The van der Waals surface area contributed by atoms with Gasteiger partial charge >= 0.3 is 0 Å². The van der Waals surface area contributed by atoms with Crippen molar-refractivity contribution in [2.75, 3.05) is 14.2 Å². The number of benzene rings is 2. The van der Waals surface area contributed by atoms with Crippen molar-refractivity contribution in [3.63, 3.8) is 0 Å². The van der Waals surface area contributed by atoms with Gasteiger partial charge in [-0.3, -0.25) is 10.0 Å². The summed E-state index contributed by atoms with van der Waals surface area (Å²) in [5.41, 5.74) is 4.02. The number of ether oxygens (including phenoxy) is 2. The quantitative estimate of drug-likeness (QED) is 0.313. The van der Waals surface area contributed by atoms with Gasteiger partial charge in [0.1, 0.15) is 5.82 Å². The first kappa shape index (κ1) is 21.5. The van der Waals surface area contributed by atoms with Crippen LogP contribution in [0.2, 0.25) is 0 Å². The molecule has 2 N–H and O–H groups in total. The summed E-state index contributed by atoms with van der Waals surface area (Å²) in [5.74, 6) is 2.37. The van der Waals surface area contributed by atoms with Gasteiger partial charge in [0, 0.05) is 12.0 Å². The van der Waals surface area contributed by atoms with Crippen LogP contribution >= 0.6 is 11.3 Å². The standard InChI is InChI=1S/C23H22N4O4S/c1-30-18-10-7-16(12-19(18)31-2)13-21-24-25-22(20-4-3-11-32-20)27(21)14-15-5-8-17(9-6-15)23(28)26-29/h3-12,29H,13-14H2,1-2H3,(H,26,28). The molecule has 9 heteroatoms. The highest BCUT2D eigenvalue weighted by atomic mass is 32.1. The van der Waals surface area contributed by atoms with Crippen LogP contribution in [0.25, 0.3) is 10.7 Å². The second kappa shape index (κ2) is 9.63. The maximum absolute atomic E-state index is 11.6. The van der Waals surface area contributed by atoms with Crippen molar-refractivity contribution >= 4 is 17.2 Å². The van der Waals surface area contributed by atoms with Gasteiger partial charge in [-0.15, -0.1) is 21.5 Å². The Labute approximate surface area is 189 Å². The van der Waals surface area contributed by atoms with Crippen molar-refractivity contribution < 1.29 is 19.5 Å². The smallest absolute Gasteiger partial charge is 0.274 e. The topological polar surface area (TPSA) is 98.5 Å². The summed E-state index contributed by atoms with van der Waals surface area (Å²) in [6.07, 6.45) is 0.559. The SMILES string of the molecule is COc1ccc(Cc2nnc(-c3cccs3)n2Cc2ccc(C(=O)NO)cc2)cc1OC. The third-order valence-corrected chi connectivity index (χ3v) is 5.90. The van der Waals surface area contributed by atoms with Crippen LogP contribution in [0.1, 0.15) is 27.3 Å². The molecule has 0 radical (unpaired) electrons. The number of hydroxylamine groups is 1. The van der Waals surface area contributed by atoms with E-state index >= 15 is 0 Å². The van der Waals surface area contributed by atoms with Crippen LogP contribution in [0.4, 0.5) is 0 Å². The Kier molecular flexibility index (Phi) is 6.48. The number of rotatable bonds is 8. The van der Waals surface area contributed by atoms with E-state index in [9.17, 15) is 4.79 Å². The van der Waals surface area contributed by atoms with E-state index in [-0.39, 0.29) is 0 Å². The minimum atomic E-state index is -0.547. The van der Waals surface area contributed by atoms with Gasteiger partial charge in [0.25, 0.3) is 5.91 Å². The molecule has 0 aliphatic carbocycles. The molecule has 0 atom stereocenters. The zero-order valence-corrected chi connectivity index (χ0v) is 18.4. The van der Waals surface area contributed by atoms with E-state index in [1.807, 2.05) is 47.8 Å². The van der Waals surface area contributed by atoms with Crippen LogP contribution in [0.5, 0.6) is 11.5 Å². The third-order valence-electron chi connectivity index (χ3n) is 5.04. The Balaban J connectivity index is 1.67. The van der Waals surface area contributed by atoms with E-state index in [1.54, 1.807) is 43.2 Å². The lowest BCUT2D eigenvalue weighted by Crippen LogP contribution is -2.18. The van der Waals surface area contributed by atoms with E-state index in [4.69, 9.17) is 14.7 Å². The minimum absolute atomic E-state index is 0.379. The summed E-state index contributed by atoms with van der Waals surface area (Å²) in [6, 6.07) is 16.8. The van der Waals surface area contributed by atoms with Gasteiger partial charge in [-0.1, -0.05) is 24.3 Å². The first-order valence-corrected chi connectivity index (χ1v) is 10.7. The van der Waals surface area contributed by atoms with Gasteiger partial charge in [-0.2, -0.15) is 0 Å². The molecule has 0 aliphatic rings. The van der Waals surface area contributed by atoms with Crippen LogP contribution in [0.15, 0.2) is 60.0 Å². The summed E-state index contributed by atoms with van der Waals surface area (Å²) in [4.78, 5) is 12.6. The van der Waals surface area contributed by atoms with Crippen LogP contribution in [-0.2, 0) is 13.0 Å². The summed E-state index contributed by atoms with van der Waals surface area (Å²) in [7, 11) is 3.22. The first-order valence-electron chi connectivity index (χ1n) is 9.83. The van der Waals surface area contributed by atoms with Crippen molar-refractivity contribution in [2.45, 2.75) is 13.0 Å². The van der Waals surface area contributed by atoms with E-state index < -0.39 is 5.91 Å². The van der Waals surface area contributed by atoms with Crippen LogP contribution in [-0.4, -0.2) is 40.1 Å². The Morgan fingerprint density at radius 1 is 1.03 bits per heavy atom. The lowest BCUT2D eigenvalue weighted by atomic mass is 10.1. The molecule has 0 spiro atoms. The fourth-order valence-corrected chi connectivity index (χ4v) is 4.12. The molecule has 0 saturated heterocycles. The summed E-state index contributed by atoms with van der Waals surface area (Å²) in [5, 5.41) is 19.8. The van der Waals surface area contributed by atoms with E-state index in [1.165, 1.54) is 0 Å². The van der Waals surface area contributed by atoms with Crippen LogP contribution < -0.4 is 15.0 Å². The second-order valence-electron chi connectivity index (χ2n) is 7.01. The van der Waals surface area contributed by atoms with Crippen molar-refractivity contribution in [1.82, 2.24) is 20.2 Å². The summed E-state index contributed by atoms with van der Waals surface area (Å²) in [6.45, 7) is 0.532. The number of carbonyl (C=O) groups excluding carboxylic acids is 1. The zero-order chi connectivity index (χ0) is 22.5. The molecular formula is C23H22N4O4S. The Bertz CT molecular complexity index is 1200. The fourth-order valence-electron chi connectivity index (χ4n) is 3.40. The van der Waals surface area contributed by atoms with Crippen LogP contribution in [0.3, 0.4) is 0 Å². The van der Waals surface area contributed by atoms with E-state index in [2.05, 4.69) is 14.8 Å². The van der Waals surface area contributed by atoms with Crippen molar-refractivity contribution in [3.05, 3.63) is 82.5 Å². The molecule has 32 heavy (non-hydrogen) atoms. The first-order chi connectivity index (χ1) is 15.6. The molecule has 0 bridgehead atoms. The second-order valence-corrected chi connectivity index (χ2v) is 7.95. The van der Waals surface area contributed by atoms with E-state index in [0.29, 0.717) is 30.0 Å². The number of nitrogens with zero attached hydrogens (tertiary/aromatic N) is 3. The number of methoxy groups -OCH3 is 2. The van der Waals surface area contributed by atoms with Gasteiger partial charge in [0.15, 0.2) is 17.3 Å². The molecule has 2 aromatic heterocycles. The molecular weight excluding hydrogens is 428 g/mol. The maximum Gasteiger partial charge on any atom is 0.274 e. The maximum atomic E-state index is 11.6. The van der Waals surface area contributed by atoms with Gasteiger partial charge in [0.2, 0.25) is 0 Å². The summed E-state index contributed by atoms with van der Waals surface area (Å²) >= 11 is 1.60. The number of thiophene rings is 1.